The van der Waals surface area contributed by atoms with Crippen LogP contribution in [0.1, 0.15) is 13.3 Å². The number of halogens is 1. The van der Waals surface area contributed by atoms with Crippen molar-refractivity contribution in [2.24, 2.45) is 0 Å². The van der Waals surface area contributed by atoms with Gasteiger partial charge in [0.25, 0.3) is 6.04 Å². The predicted octanol–water partition coefficient (Wildman–Crippen LogP) is 1.81. The molecule has 0 bridgehead atoms. The molecule has 0 saturated carbocycles. The van der Waals surface area contributed by atoms with E-state index in [4.69, 9.17) is 0 Å². The van der Waals surface area contributed by atoms with E-state index in [0.29, 0.717) is 5.75 Å². The summed E-state index contributed by atoms with van der Waals surface area (Å²) >= 11 is 1.44. The monoisotopic (exact) mass is 266 g/mol. The predicted molar refractivity (Wildman–Crippen MR) is 45.7 cm³/mol. The molecule has 0 heterocycles. The van der Waals surface area contributed by atoms with Crippen LogP contribution in [0.25, 0.3) is 0 Å². The van der Waals surface area contributed by atoms with Crippen molar-refractivity contribution in [3.05, 3.63) is 0 Å². The van der Waals surface area contributed by atoms with Crippen molar-refractivity contribution in [1.82, 2.24) is 0 Å². The van der Waals surface area contributed by atoms with Crippen molar-refractivity contribution in [2.75, 3.05) is 5.75 Å². The van der Waals surface area contributed by atoms with E-state index >= 15 is 0 Å². The molecule has 0 radical (unpaired) electrons. The van der Waals surface area contributed by atoms with Gasteiger partial charge in [-0.1, -0.05) is 6.92 Å². The molecule has 8 heavy (non-hydrogen) atoms. The fraction of sp³-hybridized carbons (Fsp3) is 1.00. The molecule has 0 fully saturated rings. The molecule has 0 unspecified atom stereocenters. The van der Waals surface area contributed by atoms with E-state index in [0.717, 1.165) is 17.2 Å². The third-order valence-electron chi connectivity index (χ3n) is 0.428. The highest BCUT2D eigenvalue weighted by molar-refractivity contribution is 14.2. The maximum atomic E-state index is 10.3. The molecule has 0 aliphatic carbocycles. The standard InChI is InChI=1S/C3H7IO2S2/c1-2-3-7-8(4,5)6/h2-3H2,1H3. The molecule has 0 saturated heterocycles. The molecule has 0 spiro atoms. The van der Waals surface area contributed by atoms with Gasteiger partial charge in [0.2, 0.25) is 0 Å². The summed E-state index contributed by atoms with van der Waals surface area (Å²) in [5, 5.41) is 0. The summed E-state index contributed by atoms with van der Waals surface area (Å²) in [6, 6.07) is -2.80. The van der Waals surface area contributed by atoms with E-state index in [2.05, 4.69) is 0 Å². The first kappa shape index (κ1) is 9.03. The lowest BCUT2D eigenvalue weighted by atomic mass is 10.6. The molecule has 50 valence electrons. The fourth-order valence-electron chi connectivity index (χ4n) is 0.183. The molecule has 0 aliphatic heterocycles. The Balaban J connectivity index is 3.42. The molecule has 0 rings (SSSR count). The number of hydrogen-bond donors (Lipinski definition) is 0. The smallest absolute Gasteiger partial charge is 0.207 e. The molecular weight excluding hydrogens is 259 g/mol. The van der Waals surface area contributed by atoms with Crippen molar-refractivity contribution in [3.8, 4) is 0 Å². The fourth-order valence-corrected chi connectivity index (χ4v) is 3.26. The molecule has 0 atom stereocenters. The molecule has 2 nitrogen and oxygen atoms in total. The Morgan fingerprint density at radius 3 is 2.25 bits per heavy atom. The van der Waals surface area contributed by atoms with Gasteiger partial charge in [-0.15, -0.1) is 0 Å². The molecule has 5 heteroatoms. The van der Waals surface area contributed by atoms with Gasteiger partial charge in [0.05, 0.1) is 21.2 Å². The highest BCUT2D eigenvalue weighted by Gasteiger charge is 2.01. The highest BCUT2D eigenvalue weighted by Crippen LogP contribution is 2.19. The van der Waals surface area contributed by atoms with Crippen molar-refractivity contribution in [1.29, 1.82) is 0 Å². The third-order valence-corrected chi connectivity index (χ3v) is 4.92. The van der Waals surface area contributed by atoms with Crippen LogP contribution in [0.3, 0.4) is 0 Å². The lowest BCUT2D eigenvalue weighted by molar-refractivity contribution is 0.625. The highest BCUT2D eigenvalue weighted by atomic mass is 127. The first-order valence-electron chi connectivity index (χ1n) is 2.15. The van der Waals surface area contributed by atoms with Crippen LogP contribution in [0.5, 0.6) is 0 Å². The summed E-state index contributed by atoms with van der Waals surface area (Å²) in [6.07, 6.45) is 0.910. The first-order chi connectivity index (χ1) is 3.56. The van der Waals surface area contributed by atoms with Gasteiger partial charge in [-0.2, -0.15) is 0 Å². The van der Waals surface area contributed by atoms with E-state index in [9.17, 15) is 8.42 Å². The second-order valence-electron chi connectivity index (χ2n) is 1.22. The van der Waals surface area contributed by atoms with Crippen LogP contribution in [0.2, 0.25) is 0 Å². The number of hydrogen-bond acceptors (Lipinski definition) is 3. The van der Waals surface area contributed by atoms with E-state index in [1.54, 1.807) is 0 Å². The van der Waals surface area contributed by atoms with Crippen molar-refractivity contribution in [3.63, 3.8) is 0 Å². The molecule has 0 aromatic carbocycles. The number of rotatable bonds is 3. The minimum Gasteiger partial charge on any atom is -0.207 e. The Morgan fingerprint density at radius 2 is 2.12 bits per heavy atom. The Bertz CT molecular complexity index is 139. The van der Waals surface area contributed by atoms with Crippen LogP contribution in [0.4, 0.5) is 0 Å². The lowest BCUT2D eigenvalue weighted by Crippen LogP contribution is -1.80. The molecule has 0 aromatic rings. The molecule has 0 N–H and O–H groups in total. The van der Waals surface area contributed by atoms with Gasteiger partial charge in [0, 0.05) is 5.75 Å². The summed E-state index contributed by atoms with van der Waals surface area (Å²) in [5.74, 6) is 0.700. The Labute approximate surface area is 65.3 Å². The van der Waals surface area contributed by atoms with Gasteiger partial charge in [-0.25, -0.2) is 8.42 Å². The first-order valence-corrected chi connectivity index (χ1v) is 7.68. The normalized spacial score (nSPS) is 11.8. The summed E-state index contributed by atoms with van der Waals surface area (Å²) < 4.78 is 20.7. The zero-order valence-corrected chi connectivity index (χ0v) is 8.22. The summed E-state index contributed by atoms with van der Waals surface area (Å²) in [6.45, 7) is 1.95. The van der Waals surface area contributed by atoms with Gasteiger partial charge in [0.15, 0.2) is 0 Å². The zero-order valence-electron chi connectivity index (χ0n) is 4.43. The Kier molecular flexibility index (Phi) is 4.45. The van der Waals surface area contributed by atoms with E-state index in [1.165, 1.54) is 21.2 Å². The van der Waals surface area contributed by atoms with E-state index in [1.807, 2.05) is 6.92 Å². The van der Waals surface area contributed by atoms with Gasteiger partial charge >= 0.3 is 0 Å². The molecular formula is C3H7IO2S2. The molecule has 0 aromatic heterocycles. The zero-order chi connectivity index (χ0) is 6.62. The lowest BCUT2D eigenvalue weighted by Gasteiger charge is -1.88. The second kappa shape index (κ2) is 3.94. The summed E-state index contributed by atoms with van der Waals surface area (Å²) in [5.41, 5.74) is 0. The van der Waals surface area contributed by atoms with Crippen LogP contribution in [-0.4, -0.2) is 14.2 Å². The van der Waals surface area contributed by atoms with Crippen LogP contribution >= 0.6 is 32.0 Å². The quantitative estimate of drug-likeness (QED) is 0.444. The Hall–Kier alpha value is 1.03. The molecule has 0 amide bonds. The largest absolute Gasteiger partial charge is 0.254 e. The van der Waals surface area contributed by atoms with Crippen molar-refractivity contribution in [2.45, 2.75) is 13.3 Å². The molecule has 0 aliphatic rings. The average Bonchev–Trinajstić information content (AvgIpc) is 1.59. The second-order valence-corrected chi connectivity index (χ2v) is 9.94. The Morgan fingerprint density at radius 1 is 1.62 bits per heavy atom. The van der Waals surface area contributed by atoms with Gasteiger partial charge < -0.3 is 0 Å². The van der Waals surface area contributed by atoms with Gasteiger partial charge in [0.1, 0.15) is 0 Å². The van der Waals surface area contributed by atoms with Gasteiger partial charge in [-0.3, -0.25) is 0 Å². The topological polar surface area (TPSA) is 34.1 Å². The van der Waals surface area contributed by atoms with E-state index in [-0.39, 0.29) is 0 Å². The summed E-state index contributed by atoms with van der Waals surface area (Å²) in [7, 11) is 0.992. The van der Waals surface area contributed by atoms with Crippen molar-refractivity contribution < 1.29 is 8.42 Å². The summed E-state index contributed by atoms with van der Waals surface area (Å²) in [4.78, 5) is 0. The average molecular weight is 266 g/mol. The van der Waals surface area contributed by atoms with Crippen molar-refractivity contribution >= 4 is 38.0 Å². The SMILES string of the molecule is CCCSS(=O)(=O)I. The van der Waals surface area contributed by atoms with E-state index < -0.39 is 6.04 Å². The minimum absolute atomic E-state index is 0.700. The van der Waals surface area contributed by atoms with Gasteiger partial charge in [-0.05, 0) is 17.2 Å². The third kappa shape index (κ3) is 7.03. The van der Waals surface area contributed by atoms with Crippen LogP contribution in [0, 0.1) is 0 Å². The maximum Gasteiger partial charge on any atom is 0.254 e. The van der Waals surface area contributed by atoms with Crippen LogP contribution < -0.4 is 0 Å². The minimum atomic E-state index is -2.80. The maximum absolute atomic E-state index is 10.3. The van der Waals surface area contributed by atoms with Crippen LogP contribution in [0.15, 0.2) is 0 Å². The van der Waals surface area contributed by atoms with Crippen LogP contribution in [-0.2, 0) is 6.04 Å².